The lowest BCUT2D eigenvalue weighted by Gasteiger charge is -1.94. The van der Waals surface area contributed by atoms with Crippen molar-refractivity contribution < 1.29 is 4.74 Å². The Labute approximate surface area is 122 Å². The molecule has 0 bridgehead atoms. The summed E-state index contributed by atoms with van der Waals surface area (Å²) in [6.45, 7) is 6.00. The van der Waals surface area contributed by atoms with Crippen LogP contribution in [0.1, 0.15) is 26.7 Å². The zero-order valence-corrected chi connectivity index (χ0v) is 12.9. The predicted molar refractivity (Wildman–Crippen MR) is 77.7 cm³/mol. The molecule has 5 nitrogen and oxygen atoms in total. The Morgan fingerprint density at radius 3 is 2.32 bits per heavy atom. The van der Waals surface area contributed by atoms with E-state index in [-0.39, 0.29) is 10.4 Å². The fourth-order valence-corrected chi connectivity index (χ4v) is 1.88. The van der Waals surface area contributed by atoms with Gasteiger partial charge in [0.05, 0.1) is 6.33 Å². The second-order valence-electron chi connectivity index (χ2n) is 3.63. The Bertz CT molecular complexity index is 504. The molecule has 1 aliphatic heterocycles. The summed E-state index contributed by atoms with van der Waals surface area (Å²) in [6.07, 6.45) is 4.17. The highest BCUT2D eigenvalue weighted by molar-refractivity contribution is 6.35. The molecule has 0 spiro atoms. The molecule has 3 rings (SSSR count). The Balaban J connectivity index is 0.000000216. The monoisotopic (exact) mass is 304 g/mol. The quantitative estimate of drug-likeness (QED) is 0.552. The van der Waals surface area contributed by atoms with Crippen LogP contribution in [0.4, 0.5) is 0 Å². The van der Waals surface area contributed by atoms with Crippen molar-refractivity contribution in [2.45, 2.75) is 26.7 Å². The number of hydrogen-bond acceptors (Lipinski definition) is 4. The molecule has 3 heterocycles. The van der Waals surface area contributed by atoms with Crippen LogP contribution in [-0.4, -0.2) is 32.7 Å². The van der Waals surface area contributed by atoms with Gasteiger partial charge in [-0.15, -0.1) is 0 Å². The lowest BCUT2D eigenvalue weighted by atomic mass is 10.4. The molecule has 2 aromatic heterocycles. The summed E-state index contributed by atoms with van der Waals surface area (Å²) in [5.74, 6) is 0. The Hall–Kier alpha value is -0.910. The molecule has 0 saturated carbocycles. The number of hydrogen-bond donors (Lipinski definition) is 0. The van der Waals surface area contributed by atoms with Gasteiger partial charge in [0.2, 0.25) is 5.28 Å². The second kappa shape index (κ2) is 8.30. The molecule has 0 aliphatic carbocycles. The van der Waals surface area contributed by atoms with Crippen molar-refractivity contribution in [3.05, 3.63) is 16.8 Å². The summed E-state index contributed by atoms with van der Waals surface area (Å²) < 4.78 is 6.68. The molecule has 0 amide bonds. The average molecular weight is 305 g/mol. The summed E-state index contributed by atoms with van der Waals surface area (Å²) in [5, 5.41) is 0.418. The third kappa shape index (κ3) is 4.60. The van der Waals surface area contributed by atoms with Crippen molar-refractivity contribution >= 4 is 34.4 Å². The number of halogens is 2. The van der Waals surface area contributed by atoms with Crippen LogP contribution in [-0.2, 0) is 11.8 Å². The summed E-state index contributed by atoms with van der Waals surface area (Å²) in [7, 11) is 1.81. The summed E-state index contributed by atoms with van der Waals surface area (Å²) in [6, 6.07) is 0. The third-order valence-corrected chi connectivity index (χ3v) is 2.75. The van der Waals surface area contributed by atoms with Crippen molar-refractivity contribution in [3.8, 4) is 0 Å². The average Bonchev–Trinajstić information content (AvgIpc) is 3.06. The smallest absolute Gasteiger partial charge is 0.225 e. The first-order valence-corrected chi connectivity index (χ1v) is 7.02. The maximum Gasteiger partial charge on any atom is 0.225 e. The second-order valence-corrected chi connectivity index (χ2v) is 4.33. The Kier molecular flexibility index (Phi) is 7.05. The number of nitrogens with zero attached hydrogens (tertiary/aromatic N) is 4. The molecule has 1 saturated heterocycles. The minimum atomic E-state index is 0.135. The van der Waals surface area contributed by atoms with Gasteiger partial charge in [-0.1, -0.05) is 25.4 Å². The van der Waals surface area contributed by atoms with Gasteiger partial charge in [-0.3, -0.25) is 0 Å². The lowest BCUT2D eigenvalue weighted by molar-refractivity contribution is 0.198. The highest BCUT2D eigenvalue weighted by Crippen LogP contribution is 2.19. The van der Waals surface area contributed by atoms with E-state index in [9.17, 15) is 0 Å². The Morgan fingerprint density at radius 2 is 1.79 bits per heavy atom. The topological polar surface area (TPSA) is 52.8 Å². The first kappa shape index (κ1) is 16.1. The maximum absolute atomic E-state index is 5.76. The standard InChI is InChI=1S/C6H4Cl2N4.C4H8O.C2H6/c1-12-2-9-3-4(7)10-6(8)11-5(3)12;1-2-4-5-3-1;1-2/h2H,1H3;1-4H2;1-2H3. The van der Waals surface area contributed by atoms with E-state index >= 15 is 0 Å². The van der Waals surface area contributed by atoms with Crippen LogP contribution in [0.5, 0.6) is 0 Å². The van der Waals surface area contributed by atoms with Crippen LogP contribution in [0.2, 0.25) is 10.4 Å². The van der Waals surface area contributed by atoms with Crippen LogP contribution in [0.3, 0.4) is 0 Å². The molecule has 106 valence electrons. The fraction of sp³-hybridized carbons (Fsp3) is 0.583. The van der Waals surface area contributed by atoms with Gasteiger partial charge in [0.15, 0.2) is 10.8 Å². The predicted octanol–water partition coefficient (Wildman–Crippen LogP) is 3.49. The zero-order valence-electron chi connectivity index (χ0n) is 11.4. The van der Waals surface area contributed by atoms with E-state index < -0.39 is 0 Å². The number of imidazole rings is 1. The number of aryl methyl sites for hydroxylation is 1. The van der Waals surface area contributed by atoms with Gasteiger partial charge >= 0.3 is 0 Å². The van der Waals surface area contributed by atoms with Gasteiger partial charge in [0, 0.05) is 20.3 Å². The van der Waals surface area contributed by atoms with E-state index in [0.29, 0.717) is 11.2 Å². The molecular weight excluding hydrogens is 287 g/mol. The molecule has 0 unspecified atom stereocenters. The zero-order chi connectivity index (χ0) is 14.3. The normalized spacial score (nSPS) is 13.5. The molecular formula is C12H18Cl2N4O. The highest BCUT2D eigenvalue weighted by Gasteiger charge is 2.08. The van der Waals surface area contributed by atoms with Gasteiger partial charge in [-0.05, 0) is 24.4 Å². The van der Waals surface area contributed by atoms with Gasteiger partial charge in [0.25, 0.3) is 0 Å². The Morgan fingerprint density at radius 1 is 1.16 bits per heavy atom. The molecule has 0 aromatic carbocycles. The summed E-state index contributed by atoms with van der Waals surface area (Å²) >= 11 is 11.4. The van der Waals surface area contributed by atoms with Gasteiger partial charge in [0.1, 0.15) is 5.52 Å². The number of ether oxygens (including phenoxy) is 1. The SMILES string of the molecule is C1CCOC1.CC.Cn1cnc2c(Cl)nc(Cl)nc21. The van der Waals surface area contributed by atoms with E-state index in [1.807, 2.05) is 20.9 Å². The highest BCUT2D eigenvalue weighted by atomic mass is 35.5. The summed E-state index contributed by atoms with van der Waals surface area (Å²) in [5.41, 5.74) is 1.21. The molecule has 1 fully saturated rings. The van der Waals surface area contributed by atoms with E-state index in [1.165, 1.54) is 12.8 Å². The van der Waals surface area contributed by atoms with Crippen molar-refractivity contribution in [3.63, 3.8) is 0 Å². The van der Waals surface area contributed by atoms with Crippen LogP contribution in [0.15, 0.2) is 6.33 Å². The number of rotatable bonds is 0. The number of fused-ring (bicyclic) bond motifs is 1. The van der Waals surface area contributed by atoms with Crippen LogP contribution < -0.4 is 0 Å². The fourth-order valence-electron chi connectivity index (χ4n) is 1.46. The van der Waals surface area contributed by atoms with E-state index in [4.69, 9.17) is 27.9 Å². The first-order valence-electron chi connectivity index (χ1n) is 6.26. The molecule has 0 atom stereocenters. The van der Waals surface area contributed by atoms with Gasteiger partial charge < -0.3 is 9.30 Å². The maximum atomic E-state index is 5.76. The molecule has 7 heteroatoms. The van der Waals surface area contributed by atoms with E-state index in [0.717, 1.165) is 13.2 Å². The van der Waals surface area contributed by atoms with Crippen molar-refractivity contribution in [2.24, 2.45) is 7.05 Å². The van der Waals surface area contributed by atoms with Gasteiger partial charge in [-0.2, -0.15) is 4.98 Å². The molecule has 2 aromatic rings. The molecule has 19 heavy (non-hydrogen) atoms. The first-order chi connectivity index (χ1) is 9.18. The summed E-state index contributed by atoms with van der Waals surface area (Å²) in [4.78, 5) is 11.7. The van der Waals surface area contributed by atoms with Crippen LogP contribution in [0.25, 0.3) is 11.2 Å². The van der Waals surface area contributed by atoms with Crippen molar-refractivity contribution in [1.82, 2.24) is 19.5 Å². The van der Waals surface area contributed by atoms with E-state index in [2.05, 4.69) is 15.0 Å². The molecule has 0 N–H and O–H groups in total. The van der Waals surface area contributed by atoms with Crippen LogP contribution in [0, 0.1) is 0 Å². The third-order valence-electron chi connectivity index (χ3n) is 2.32. The minimum Gasteiger partial charge on any atom is -0.381 e. The lowest BCUT2D eigenvalue weighted by Crippen LogP contribution is -1.90. The molecule has 0 radical (unpaired) electrons. The molecule has 1 aliphatic rings. The largest absolute Gasteiger partial charge is 0.381 e. The minimum absolute atomic E-state index is 0.135. The van der Waals surface area contributed by atoms with Crippen molar-refractivity contribution in [2.75, 3.05) is 13.2 Å². The number of aromatic nitrogens is 4. The van der Waals surface area contributed by atoms with Crippen LogP contribution >= 0.6 is 23.2 Å². The van der Waals surface area contributed by atoms with Crippen molar-refractivity contribution in [1.29, 1.82) is 0 Å². The van der Waals surface area contributed by atoms with E-state index in [1.54, 1.807) is 10.9 Å². The van der Waals surface area contributed by atoms with Gasteiger partial charge in [-0.25, -0.2) is 9.97 Å².